The molecular weight excluding hydrogens is 270 g/mol. The van der Waals surface area contributed by atoms with E-state index < -0.39 is 0 Å². The van der Waals surface area contributed by atoms with E-state index in [4.69, 9.17) is 0 Å². The van der Waals surface area contributed by atoms with Crippen LogP contribution >= 0.6 is 0 Å². The Morgan fingerprint density at radius 1 is 1.00 bits per heavy atom. The molecule has 0 aliphatic heterocycles. The summed E-state index contributed by atoms with van der Waals surface area (Å²) in [5, 5.41) is 1.12. The molecule has 0 radical (unpaired) electrons. The monoisotopic (exact) mass is 289 g/mol. The van der Waals surface area contributed by atoms with Crippen molar-refractivity contribution in [2.24, 2.45) is 5.92 Å². The number of nitrogens with zero attached hydrogens (tertiary/aromatic N) is 1. The van der Waals surface area contributed by atoms with Crippen molar-refractivity contribution in [1.82, 2.24) is 4.57 Å². The predicted molar refractivity (Wildman–Crippen MR) is 89.3 cm³/mol. The van der Waals surface area contributed by atoms with Crippen molar-refractivity contribution in [1.29, 1.82) is 0 Å². The van der Waals surface area contributed by atoms with E-state index in [1.165, 1.54) is 16.8 Å². The summed E-state index contributed by atoms with van der Waals surface area (Å²) < 4.78 is 2.34. The van der Waals surface area contributed by atoms with Crippen LogP contribution in [0.2, 0.25) is 0 Å². The molecule has 0 saturated heterocycles. The Morgan fingerprint density at radius 2 is 1.73 bits per heavy atom. The first-order valence-electron chi connectivity index (χ1n) is 7.91. The molecular formula is C20H19NO. The first-order valence-corrected chi connectivity index (χ1v) is 7.91. The number of para-hydroxylation sites is 1. The molecule has 0 fully saturated rings. The number of ketones is 1. The molecule has 1 heterocycles. The summed E-state index contributed by atoms with van der Waals surface area (Å²) in [6.07, 6.45) is 1.66. The molecule has 0 spiro atoms. The average molecular weight is 289 g/mol. The fraction of sp³-hybridized carbons (Fsp3) is 0.250. The van der Waals surface area contributed by atoms with Crippen molar-refractivity contribution in [3.63, 3.8) is 0 Å². The number of aromatic nitrogens is 1. The first-order chi connectivity index (χ1) is 10.7. The Hall–Kier alpha value is -2.35. The van der Waals surface area contributed by atoms with Gasteiger partial charge in [0.1, 0.15) is 0 Å². The zero-order valence-electron chi connectivity index (χ0n) is 12.8. The van der Waals surface area contributed by atoms with E-state index in [9.17, 15) is 4.79 Å². The van der Waals surface area contributed by atoms with Gasteiger partial charge < -0.3 is 4.57 Å². The van der Waals surface area contributed by atoms with E-state index in [0.717, 1.165) is 23.9 Å². The summed E-state index contributed by atoms with van der Waals surface area (Å²) in [5.74, 6) is 0.732. The molecule has 1 atom stereocenters. The Labute approximate surface area is 130 Å². The topological polar surface area (TPSA) is 22.0 Å². The molecule has 1 aliphatic carbocycles. The van der Waals surface area contributed by atoms with Gasteiger partial charge in [0.05, 0.1) is 0 Å². The third kappa shape index (κ3) is 2.07. The molecule has 0 saturated carbocycles. The minimum Gasteiger partial charge on any atom is -0.339 e. The van der Waals surface area contributed by atoms with E-state index in [1.807, 2.05) is 12.1 Å². The SMILES string of the molecule is CC1CC(=O)c2c(n(Cc3ccccc3)c3ccccc23)C1. The van der Waals surface area contributed by atoms with Crippen LogP contribution in [0, 0.1) is 5.92 Å². The first kappa shape index (κ1) is 13.3. The lowest BCUT2D eigenvalue weighted by Crippen LogP contribution is -2.20. The molecule has 3 aromatic rings. The van der Waals surface area contributed by atoms with Crippen LogP contribution in [0.3, 0.4) is 0 Å². The Balaban J connectivity index is 1.94. The van der Waals surface area contributed by atoms with Crippen molar-refractivity contribution in [3.8, 4) is 0 Å². The van der Waals surface area contributed by atoms with Gasteiger partial charge in [-0.25, -0.2) is 0 Å². The third-order valence-electron chi connectivity index (χ3n) is 4.62. The predicted octanol–water partition coefficient (Wildman–Crippen LogP) is 4.45. The highest BCUT2D eigenvalue weighted by molar-refractivity contribution is 6.10. The average Bonchev–Trinajstić information content (AvgIpc) is 2.83. The number of Topliss-reactive ketones (excluding diaryl/α,β-unsaturated/α-hetero) is 1. The lowest BCUT2D eigenvalue weighted by atomic mass is 9.87. The molecule has 1 aliphatic rings. The summed E-state index contributed by atoms with van der Waals surface area (Å²) in [6, 6.07) is 18.8. The quantitative estimate of drug-likeness (QED) is 0.683. The smallest absolute Gasteiger partial charge is 0.165 e. The van der Waals surface area contributed by atoms with Crippen molar-refractivity contribution in [3.05, 3.63) is 71.4 Å². The number of hydrogen-bond acceptors (Lipinski definition) is 1. The van der Waals surface area contributed by atoms with Crippen LogP contribution in [0.4, 0.5) is 0 Å². The molecule has 0 bridgehead atoms. The van der Waals surface area contributed by atoms with E-state index in [-0.39, 0.29) is 0 Å². The van der Waals surface area contributed by atoms with Gasteiger partial charge in [-0.15, -0.1) is 0 Å². The molecule has 2 nitrogen and oxygen atoms in total. The fourth-order valence-corrected chi connectivity index (χ4v) is 3.65. The van der Waals surface area contributed by atoms with Gasteiger partial charge in [-0.1, -0.05) is 55.5 Å². The normalized spacial score (nSPS) is 17.7. The van der Waals surface area contributed by atoms with Crippen LogP contribution in [0.1, 0.15) is 35.0 Å². The standard InChI is InChI=1S/C20H19NO/c1-14-11-18-20(19(22)12-14)16-9-5-6-10-17(16)21(18)13-15-7-3-2-4-8-15/h2-10,14H,11-13H2,1H3. The summed E-state index contributed by atoms with van der Waals surface area (Å²) in [7, 11) is 0. The lowest BCUT2D eigenvalue weighted by Gasteiger charge is -2.20. The molecule has 1 aromatic heterocycles. The van der Waals surface area contributed by atoms with Crippen molar-refractivity contribution in [2.75, 3.05) is 0 Å². The molecule has 0 N–H and O–H groups in total. The van der Waals surface area contributed by atoms with Gasteiger partial charge in [-0.05, 0) is 24.0 Å². The summed E-state index contributed by atoms with van der Waals surface area (Å²) in [4.78, 5) is 12.6. The zero-order chi connectivity index (χ0) is 15.1. The van der Waals surface area contributed by atoms with Crippen LogP contribution < -0.4 is 0 Å². The highest BCUT2D eigenvalue weighted by atomic mass is 16.1. The number of hydrogen-bond donors (Lipinski definition) is 0. The van der Waals surface area contributed by atoms with Crippen molar-refractivity contribution >= 4 is 16.7 Å². The molecule has 2 heteroatoms. The van der Waals surface area contributed by atoms with Gasteiger partial charge >= 0.3 is 0 Å². The Morgan fingerprint density at radius 3 is 2.55 bits per heavy atom. The van der Waals surface area contributed by atoms with E-state index >= 15 is 0 Å². The number of carbonyl (C=O) groups is 1. The molecule has 22 heavy (non-hydrogen) atoms. The van der Waals surface area contributed by atoms with Crippen LogP contribution in [0.5, 0.6) is 0 Å². The van der Waals surface area contributed by atoms with E-state index in [2.05, 4.69) is 54.0 Å². The molecule has 0 amide bonds. The highest BCUT2D eigenvalue weighted by Crippen LogP contribution is 2.34. The number of carbonyl (C=O) groups excluding carboxylic acids is 1. The maximum atomic E-state index is 12.6. The van der Waals surface area contributed by atoms with Crippen molar-refractivity contribution in [2.45, 2.75) is 26.3 Å². The zero-order valence-corrected chi connectivity index (χ0v) is 12.8. The number of rotatable bonds is 2. The summed E-state index contributed by atoms with van der Waals surface area (Å²) in [6.45, 7) is 3.00. The molecule has 4 rings (SSSR count). The van der Waals surface area contributed by atoms with Gasteiger partial charge in [-0.3, -0.25) is 4.79 Å². The maximum Gasteiger partial charge on any atom is 0.165 e. The maximum absolute atomic E-state index is 12.6. The second-order valence-electron chi connectivity index (χ2n) is 6.35. The van der Waals surface area contributed by atoms with Gasteiger partial charge in [0.25, 0.3) is 0 Å². The minimum absolute atomic E-state index is 0.303. The molecule has 2 aromatic carbocycles. The summed E-state index contributed by atoms with van der Waals surface area (Å²) in [5.41, 5.74) is 4.63. The highest BCUT2D eigenvalue weighted by Gasteiger charge is 2.28. The van der Waals surface area contributed by atoms with Gasteiger partial charge in [0.15, 0.2) is 5.78 Å². The van der Waals surface area contributed by atoms with E-state index in [1.54, 1.807) is 0 Å². The van der Waals surface area contributed by atoms with Crippen LogP contribution in [0.25, 0.3) is 10.9 Å². The second-order valence-corrected chi connectivity index (χ2v) is 6.35. The third-order valence-corrected chi connectivity index (χ3v) is 4.62. The fourth-order valence-electron chi connectivity index (χ4n) is 3.65. The minimum atomic E-state index is 0.303. The van der Waals surface area contributed by atoms with Gasteiger partial charge in [-0.2, -0.15) is 0 Å². The van der Waals surface area contributed by atoms with Gasteiger partial charge in [0.2, 0.25) is 0 Å². The number of benzene rings is 2. The van der Waals surface area contributed by atoms with Gasteiger partial charge in [0, 0.05) is 35.1 Å². The van der Waals surface area contributed by atoms with E-state index in [0.29, 0.717) is 18.1 Å². The summed E-state index contributed by atoms with van der Waals surface area (Å²) >= 11 is 0. The Kier molecular flexibility index (Phi) is 3.11. The molecule has 110 valence electrons. The van der Waals surface area contributed by atoms with Crippen molar-refractivity contribution < 1.29 is 4.79 Å². The lowest BCUT2D eigenvalue weighted by molar-refractivity contribution is 0.0954. The van der Waals surface area contributed by atoms with Crippen LogP contribution in [-0.4, -0.2) is 10.4 Å². The molecule has 1 unspecified atom stereocenters. The largest absolute Gasteiger partial charge is 0.339 e. The second kappa shape index (κ2) is 5.13. The Bertz CT molecular complexity index is 845. The van der Waals surface area contributed by atoms with Crippen LogP contribution in [0.15, 0.2) is 54.6 Å². The number of fused-ring (bicyclic) bond motifs is 3. The van der Waals surface area contributed by atoms with Crippen LogP contribution in [-0.2, 0) is 13.0 Å².